The van der Waals surface area contributed by atoms with Crippen molar-refractivity contribution < 1.29 is 28.2 Å². The number of Topliss-reactive ketones (excluding diaryl/α,β-unsaturated/α-hetero) is 2. The van der Waals surface area contributed by atoms with E-state index in [9.17, 15) is 18.8 Å². The maximum Gasteiger partial charge on any atom is 0.297 e. The molecule has 1 amide bonds. The first-order chi connectivity index (χ1) is 16.9. The van der Waals surface area contributed by atoms with Gasteiger partial charge in [0.2, 0.25) is 5.78 Å². The van der Waals surface area contributed by atoms with E-state index in [2.05, 4.69) is 4.98 Å². The minimum atomic E-state index is -1.36. The van der Waals surface area contributed by atoms with E-state index in [0.717, 1.165) is 16.8 Å². The molecule has 0 N–H and O–H groups in total. The Morgan fingerprint density at radius 2 is 1.74 bits per heavy atom. The average molecular weight is 491 g/mol. The summed E-state index contributed by atoms with van der Waals surface area (Å²) in [5.74, 6) is -3.09. The Morgan fingerprint density at radius 3 is 2.46 bits per heavy atom. The fourth-order valence-electron chi connectivity index (χ4n) is 4.28. The van der Waals surface area contributed by atoms with E-state index in [1.165, 1.54) is 35.5 Å². The molecule has 1 aliphatic heterocycles. The summed E-state index contributed by atoms with van der Waals surface area (Å²) >= 11 is 1.21. The van der Waals surface area contributed by atoms with Gasteiger partial charge in [0, 0.05) is 11.1 Å². The quantitative estimate of drug-likeness (QED) is 0.223. The second-order valence-electron chi connectivity index (χ2n) is 7.91. The number of hydrogen-bond acceptors (Lipinski definition) is 7. The smallest absolute Gasteiger partial charge is 0.297 e. The van der Waals surface area contributed by atoms with Crippen LogP contribution in [0.2, 0.25) is 0 Å². The third-order valence-electron chi connectivity index (χ3n) is 5.97. The van der Waals surface area contributed by atoms with Crippen LogP contribution < -0.4 is 14.4 Å². The standard InChI is InChI=1S/C26H19FN2O5S/c1-33-16-11-12-18-20(13-16)35-26(28-18)29-22(17-5-3-4-6-19(17)34-2)21(24(31)25(29)32)23(30)14-7-9-15(27)10-8-14/h3-13,21-22H,1-2H3. The van der Waals surface area contributed by atoms with Crippen molar-refractivity contribution in [1.29, 1.82) is 0 Å². The van der Waals surface area contributed by atoms with Crippen LogP contribution in [0.1, 0.15) is 22.0 Å². The molecule has 1 aliphatic rings. The van der Waals surface area contributed by atoms with Gasteiger partial charge in [0.1, 0.15) is 23.2 Å². The summed E-state index contributed by atoms with van der Waals surface area (Å²) in [6.45, 7) is 0. The van der Waals surface area contributed by atoms with E-state index >= 15 is 0 Å². The molecule has 5 rings (SSSR count). The van der Waals surface area contributed by atoms with Crippen LogP contribution in [-0.2, 0) is 9.59 Å². The number of rotatable bonds is 6. The first kappa shape index (κ1) is 22.7. The van der Waals surface area contributed by atoms with Gasteiger partial charge < -0.3 is 9.47 Å². The molecule has 7 nitrogen and oxygen atoms in total. The van der Waals surface area contributed by atoms with Crippen LogP contribution in [0.5, 0.6) is 11.5 Å². The molecule has 0 saturated carbocycles. The van der Waals surface area contributed by atoms with E-state index in [0.29, 0.717) is 22.6 Å². The van der Waals surface area contributed by atoms with Crippen molar-refractivity contribution in [3.63, 3.8) is 0 Å². The van der Waals surface area contributed by atoms with Gasteiger partial charge >= 0.3 is 0 Å². The topological polar surface area (TPSA) is 85.8 Å². The largest absolute Gasteiger partial charge is 0.497 e. The van der Waals surface area contributed by atoms with E-state index < -0.39 is 35.3 Å². The van der Waals surface area contributed by atoms with Crippen LogP contribution in [0, 0.1) is 11.7 Å². The van der Waals surface area contributed by atoms with Crippen molar-refractivity contribution in [2.75, 3.05) is 19.1 Å². The number of amides is 1. The van der Waals surface area contributed by atoms with Gasteiger partial charge in [-0.25, -0.2) is 9.37 Å². The number of aromatic nitrogens is 1. The fraction of sp³-hybridized carbons (Fsp3) is 0.154. The molecule has 0 spiro atoms. The number of benzene rings is 3. The van der Waals surface area contributed by atoms with Crippen molar-refractivity contribution in [1.82, 2.24) is 4.98 Å². The Morgan fingerprint density at radius 1 is 1.00 bits per heavy atom. The number of methoxy groups -OCH3 is 2. The van der Waals surface area contributed by atoms with Crippen LogP contribution >= 0.6 is 11.3 Å². The van der Waals surface area contributed by atoms with E-state index in [1.54, 1.807) is 49.6 Å². The molecular formula is C26H19FN2O5S. The molecule has 35 heavy (non-hydrogen) atoms. The number of nitrogens with zero attached hydrogens (tertiary/aromatic N) is 2. The zero-order valence-corrected chi connectivity index (χ0v) is 19.5. The number of carbonyl (C=O) groups is 3. The highest BCUT2D eigenvalue weighted by Gasteiger charge is 2.54. The molecule has 2 unspecified atom stereocenters. The van der Waals surface area contributed by atoms with Gasteiger partial charge in [-0.1, -0.05) is 29.5 Å². The Hall–Kier alpha value is -4.11. The zero-order valence-electron chi connectivity index (χ0n) is 18.7. The molecule has 1 aromatic heterocycles. The second kappa shape index (κ2) is 8.92. The van der Waals surface area contributed by atoms with Gasteiger partial charge in [-0.3, -0.25) is 19.3 Å². The van der Waals surface area contributed by atoms with E-state index in [4.69, 9.17) is 9.47 Å². The molecular weight excluding hydrogens is 471 g/mol. The van der Waals surface area contributed by atoms with Gasteiger partial charge in [-0.05, 0) is 48.5 Å². The minimum Gasteiger partial charge on any atom is -0.497 e. The van der Waals surface area contributed by atoms with Gasteiger partial charge in [0.25, 0.3) is 5.91 Å². The first-order valence-electron chi connectivity index (χ1n) is 10.7. The Labute approximate surface area is 203 Å². The lowest BCUT2D eigenvalue weighted by Gasteiger charge is -2.26. The second-order valence-corrected chi connectivity index (χ2v) is 8.91. The van der Waals surface area contributed by atoms with Crippen LogP contribution in [0.25, 0.3) is 10.2 Å². The van der Waals surface area contributed by atoms with Gasteiger partial charge in [-0.15, -0.1) is 0 Å². The highest BCUT2D eigenvalue weighted by atomic mass is 32.1. The monoisotopic (exact) mass is 490 g/mol. The molecule has 1 saturated heterocycles. The lowest BCUT2D eigenvalue weighted by atomic mass is 9.86. The Kier molecular flexibility index (Phi) is 5.78. The third kappa shape index (κ3) is 3.83. The number of fused-ring (bicyclic) bond motifs is 1. The molecule has 0 aliphatic carbocycles. The van der Waals surface area contributed by atoms with Crippen LogP contribution in [0.4, 0.5) is 9.52 Å². The lowest BCUT2D eigenvalue weighted by molar-refractivity contribution is -0.135. The summed E-state index contributed by atoms with van der Waals surface area (Å²) in [5.41, 5.74) is 1.25. The predicted molar refractivity (Wildman–Crippen MR) is 129 cm³/mol. The van der Waals surface area contributed by atoms with Crippen LogP contribution in [0.3, 0.4) is 0 Å². The third-order valence-corrected chi connectivity index (χ3v) is 6.98. The zero-order chi connectivity index (χ0) is 24.7. The van der Waals surface area contributed by atoms with Crippen molar-refractivity contribution in [3.8, 4) is 11.5 Å². The summed E-state index contributed by atoms with van der Waals surface area (Å²) in [4.78, 5) is 46.0. The van der Waals surface area contributed by atoms with E-state index in [-0.39, 0.29) is 10.7 Å². The summed E-state index contributed by atoms with van der Waals surface area (Å²) in [7, 11) is 3.03. The normalized spacial score (nSPS) is 17.7. The van der Waals surface area contributed by atoms with Gasteiger partial charge in [0.05, 0.1) is 30.5 Å². The number of ether oxygens (including phenoxy) is 2. The summed E-state index contributed by atoms with van der Waals surface area (Å²) in [6, 6.07) is 16.1. The van der Waals surface area contributed by atoms with Crippen molar-refractivity contribution in [2.24, 2.45) is 5.92 Å². The number of hydrogen-bond donors (Lipinski definition) is 0. The average Bonchev–Trinajstić information content (AvgIpc) is 3.41. The summed E-state index contributed by atoms with van der Waals surface area (Å²) in [5, 5.41) is 0.275. The number of anilines is 1. The van der Waals surface area contributed by atoms with Crippen molar-refractivity contribution >= 4 is 44.2 Å². The van der Waals surface area contributed by atoms with Crippen molar-refractivity contribution in [2.45, 2.75) is 6.04 Å². The Balaban J connectivity index is 1.68. The number of ketones is 2. The maximum atomic E-state index is 13.5. The molecule has 2 heterocycles. The molecule has 2 atom stereocenters. The molecule has 0 radical (unpaired) electrons. The summed E-state index contributed by atoms with van der Waals surface area (Å²) in [6.07, 6.45) is 0. The highest BCUT2D eigenvalue weighted by Crippen LogP contribution is 2.46. The lowest BCUT2D eigenvalue weighted by Crippen LogP contribution is -2.30. The maximum absolute atomic E-state index is 13.5. The Bertz CT molecular complexity index is 1470. The van der Waals surface area contributed by atoms with Crippen LogP contribution in [-0.4, -0.2) is 36.7 Å². The highest BCUT2D eigenvalue weighted by molar-refractivity contribution is 7.22. The molecule has 3 aromatic carbocycles. The molecule has 4 aromatic rings. The van der Waals surface area contributed by atoms with Crippen LogP contribution in [0.15, 0.2) is 66.7 Å². The summed E-state index contributed by atoms with van der Waals surface area (Å²) < 4.78 is 25.0. The number of thiazole rings is 1. The molecule has 1 fully saturated rings. The fourth-order valence-corrected chi connectivity index (χ4v) is 5.31. The molecule has 176 valence electrons. The number of carbonyl (C=O) groups excluding carboxylic acids is 3. The van der Waals surface area contributed by atoms with Gasteiger partial charge in [-0.2, -0.15) is 0 Å². The molecule has 9 heteroatoms. The first-order valence-corrected chi connectivity index (χ1v) is 11.5. The van der Waals surface area contributed by atoms with Crippen molar-refractivity contribution in [3.05, 3.63) is 83.7 Å². The predicted octanol–water partition coefficient (Wildman–Crippen LogP) is 4.61. The minimum absolute atomic E-state index is 0.133. The number of halogens is 1. The number of para-hydroxylation sites is 1. The molecule has 0 bridgehead atoms. The van der Waals surface area contributed by atoms with Gasteiger partial charge in [0.15, 0.2) is 10.9 Å². The SMILES string of the molecule is COc1ccc2nc(N3C(=O)C(=O)C(C(=O)c4ccc(F)cc4)C3c3ccccc3OC)sc2c1. The van der Waals surface area contributed by atoms with E-state index in [1.807, 2.05) is 0 Å².